The number of rotatable bonds is 4. The minimum absolute atomic E-state index is 0.306. The van der Waals surface area contributed by atoms with Crippen LogP contribution in [0, 0.1) is 6.92 Å². The second-order valence-electron chi connectivity index (χ2n) is 4.14. The number of hydrogen-bond donors (Lipinski definition) is 2. The Bertz CT molecular complexity index is 621. The van der Waals surface area contributed by atoms with Crippen molar-refractivity contribution in [3.8, 4) is 0 Å². The highest BCUT2D eigenvalue weighted by molar-refractivity contribution is 7.89. The fourth-order valence-electron chi connectivity index (χ4n) is 1.72. The van der Waals surface area contributed by atoms with E-state index >= 15 is 0 Å². The largest absolute Gasteiger partial charge is 0.285 e. The summed E-state index contributed by atoms with van der Waals surface area (Å²) in [6.45, 7) is 3.55. The average molecular weight is 265 g/mol. The van der Waals surface area contributed by atoms with Crippen LogP contribution in [-0.2, 0) is 10.0 Å². The zero-order valence-electron chi connectivity index (χ0n) is 10.2. The molecule has 96 valence electrons. The van der Waals surface area contributed by atoms with E-state index in [1.165, 1.54) is 0 Å². The lowest BCUT2D eigenvalue weighted by molar-refractivity contribution is 0.566. The van der Waals surface area contributed by atoms with Gasteiger partial charge in [0.1, 0.15) is 0 Å². The van der Waals surface area contributed by atoms with Crippen LogP contribution >= 0.6 is 0 Å². The van der Waals surface area contributed by atoms with Crippen LogP contribution in [0.15, 0.2) is 41.6 Å². The first-order chi connectivity index (χ1) is 8.50. The highest BCUT2D eigenvalue weighted by Crippen LogP contribution is 2.18. The van der Waals surface area contributed by atoms with Gasteiger partial charge in [0.2, 0.25) is 10.0 Å². The standard InChI is InChI=1S/C12H15N3O2S/c1-9-5-3-4-6-12(9)18(16,17)15-10(2)11-7-13-14-8-11/h3-8,10,15H,1-2H3,(H,13,14). The Morgan fingerprint density at radius 3 is 2.67 bits per heavy atom. The van der Waals surface area contributed by atoms with E-state index < -0.39 is 10.0 Å². The molecule has 0 saturated carbocycles. The van der Waals surface area contributed by atoms with E-state index in [1.807, 2.05) is 6.07 Å². The lowest BCUT2D eigenvalue weighted by atomic mass is 10.2. The molecule has 1 aromatic heterocycles. The van der Waals surface area contributed by atoms with Crippen molar-refractivity contribution in [2.45, 2.75) is 24.8 Å². The summed E-state index contributed by atoms with van der Waals surface area (Å²) in [4.78, 5) is 0.306. The second-order valence-corrected chi connectivity index (χ2v) is 5.82. The summed E-state index contributed by atoms with van der Waals surface area (Å²) in [6, 6.07) is 6.57. The van der Waals surface area contributed by atoms with Crippen LogP contribution in [0.1, 0.15) is 24.1 Å². The van der Waals surface area contributed by atoms with Gasteiger partial charge in [-0.1, -0.05) is 18.2 Å². The number of nitrogens with one attached hydrogen (secondary N) is 2. The van der Waals surface area contributed by atoms with Gasteiger partial charge in [-0.05, 0) is 25.5 Å². The topological polar surface area (TPSA) is 74.8 Å². The number of aryl methyl sites for hydroxylation is 1. The Balaban J connectivity index is 2.26. The van der Waals surface area contributed by atoms with Gasteiger partial charge in [-0.3, -0.25) is 5.10 Å². The van der Waals surface area contributed by atoms with Gasteiger partial charge in [0.15, 0.2) is 0 Å². The molecule has 6 heteroatoms. The number of benzene rings is 1. The molecule has 0 aliphatic carbocycles. The molecule has 2 rings (SSSR count). The molecule has 0 spiro atoms. The summed E-state index contributed by atoms with van der Waals surface area (Å²) >= 11 is 0. The van der Waals surface area contributed by atoms with Gasteiger partial charge in [0, 0.05) is 17.8 Å². The predicted molar refractivity (Wildman–Crippen MR) is 68.5 cm³/mol. The molecule has 0 saturated heterocycles. The van der Waals surface area contributed by atoms with Crippen LogP contribution < -0.4 is 4.72 Å². The summed E-state index contributed by atoms with van der Waals surface area (Å²) in [7, 11) is -3.51. The third-order valence-corrected chi connectivity index (χ3v) is 4.44. The number of sulfonamides is 1. The van der Waals surface area contributed by atoms with Gasteiger partial charge in [-0.15, -0.1) is 0 Å². The maximum absolute atomic E-state index is 12.2. The third kappa shape index (κ3) is 2.60. The smallest absolute Gasteiger partial charge is 0.241 e. The van der Waals surface area contributed by atoms with E-state index in [4.69, 9.17) is 0 Å². The summed E-state index contributed by atoms with van der Waals surface area (Å²) in [5, 5.41) is 6.47. The van der Waals surface area contributed by atoms with Crippen LogP contribution in [0.25, 0.3) is 0 Å². The highest BCUT2D eigenvalue weighted by atomic mass is 32.2. The fraction of sp³-hybridized carbons (Fsp3) is 0.250. The zero-order chi connectivity index (χ0) is 13.2. The van der Waals surface area contributed by atoms with Crippen LogP contribution in [-0.4, -0.2) is 18.6 Å². The number of nitrogens with zero attached hydrogens (tertiary/aromatic N) is 1. The molecule has 0 fully saturated rings. The maximum Gasteiger partial charge on any atom is 0.241 e. The molecule has 2 N–H and O–H groups in total. The van der Waals surface area contributed by atoms with Crippen molar-refractivity contribution in [1.82, 2.24) is 14.9 Å². The van der Waals surface area contributed by atoms with E-state index in [1.54, 1.807) is 44.4 Å². The molecule has 0 bridgehead atoms. The van der Waals surface area contributed by atoms with Gasteiger partial charge in [0.25, 0.3) is 0 Å². The van der Waals surface area contributed by atoms with E-state index in [9.17, 15) is 8.42 Å². The first-order valence-electron chi connectivity index (χ1n) is 5.57. The van der Waals surface area contributed by atoms with Crippen LogP contribution in [0.2, 0.25) is 0 Å². The SMILES string of the molecule is Cc1ccccc1S(=O)(=O)NC(C)c1cn[nH]c1. The molecule has 0 aliphatic heterocycles. The van der Waals surface area contributed by atoms with Crippen molar-refractivity contribution in [2.75, 3.05) is 0 Å². The first kappa shape index (κ1) is 12.8. The van der Waals surface area contributed by atoms with Gasteiger partial charge < -0.3 is 0 Å². The van der Waals surface area contributed by atoms with Crippen molar-refractivity contribution in [2.24, 2.45) is 0 Å². The van der Waals surface area contributed by atoms with Crippen molar-refractivity contribution in [1.29, 1.82) is 0 Å². The highest BCUT2D eigenvalue weighted by Gasteiger charge is 2.20. The lowest BCUT2D eigenvalue weighted by Gasteiger charge is -2.13. The molecule has 18 heavy (non-hydrogen) atoms. The molecule has 2 aromatic rings. The molecule has 5 nitrogen and oxygen atoms in total. The van der Waals surface area contributed by atoms with Gasteiger partial charge in [-0.2, -0.15) is 5.10 Å². The monoisotopic (exact) mass is 265 g/mol. The lowest BCUT2D eigenvalue weighted by Crippen LogP contribution is -2.27. The molecule has 0 aliphatic rings. The van der Waals surface area contributed by atoms with Gasteiger partial charge in [0.05, 0.1) is 11.1 Å². The molecule has 1 aromatic carbocycles. The van der Waals surface area contributed by atoms with Gasteiger partial charge in [-0.25, -0.2) is 13.1 Å². The summed E-state index contributed by atoms with van der Waals surface area (Å²) in [6.07, 6.45) is 3.27. The van der Waals surface area contributed by atoms with Crippen molar-refractivity contribution in [3.05, 3.63) is 47.8 Å². The Kier molecular flexibility index (Phi) is 3.49. The van der Waals surface area contributed by atoms with Gasteiger partial charge >= 0.3 is 0 Å². The second kappa shape index (κ2) is 4.91. The van der Waals surface area contributed by atoms with Crippen molar-refractivity contribution in [3.63, 3.8) is 0 Å². The van der Waals surface area contributed by atoms with Crippen LogP contribution in [0.3, 0.4) is 0 Å². The number of hydrogen-bond acceptors (Lipinski definition) is 3. The minimum Gasteiger partial charge on any atom is -0.285 e. The summed E-state index contributed by atoms with van der Waals surface area (Å²) < 4.78 is 27.1. The number of H-pyrrole nitrogens is 1. The van der Waals surface area contributed by atoms with Crippen LogP contribution in [0.4, 0.5) is 0 Å². The molecule has 1 atom stereocenters. The Hall–Kier alpha value is -1.66. The molecule has 1 heterocycles. The first-order valence-corrected chi connectivity index (χ1v) is 7.05. The van der Waals surface area contributed by atoms with Crippen LogP contribution in [0.5, 0.6) is 0 Å². The summed E-state index contributed by atoms with van der Waals surface area (Å²) in [5.41, 5.74) is 1.52. The van der Waals surface area contributed by atoms with E-state index in [0.29, 0.717) is 4.90 Å². The fourth-order valence-corrected chi connectivity index (χ4v) is 3.20. The number of aromatic amines is 1. The maximum atomic E-state index is 12.2. The number of aromatic nitrogens is 2. The predicted octanol–water partition coefficient (Wildman–Crippen LogP) is 1.76. The Morgan fingerprint density at radius 1 is 1.33 bits per heavy atom. The molecule has 0 radical (unpaired) electrons. The molecule has 1 unspecified atom stereocenters. The Morgan fingerprint density at radius 2 is 2.06 bits per heavy atom. The van der Waals surface area contributed by atoms with Crippen molar-refractivity contribution < 1.29 is 8.42 Å². The zero-order valence-corrected chi connectivity index (χ0v) is 11.0. The third-order valence-electron chi connectivity index (χ3n) is 2.73. The average Bonchev–Trinajstić information content (AvgIpc) is 2.82. The molecular weight excluding hydrogens is 250 g/mol. The van der Waals surface area contributed by atoms with E-state index in [0.717, 1.165) is 11.1 Å². The minimum atomic E-state index is -3.51. The molecular formula is C12H15N3O2S. The summed E-state index contributed by atoms with van der Waals surface area (Å²) in [5.74, 6) is 0. The Labute approximate surface area is 106 Å². The van der Waals surface area contributed by atoms with E-state index in [2.05, 4.69) is 14.9 Å². The quantitative estimate of drug-likeness (QED) is 0.884. The van der Waals surface area contributed by atoms with Crippen molar-refractivity contribution >= 4 is 10.0 Å². The molecule has 0 amide bonds. The van der Waals surface area contributed by atoms with E-state index in [-0.39, 0.29) is 6.04 Å². The normalized spacial score (nSPS) is 13.4.